The molecular weight excluding hydrogens is 350 g/mol. The summed E-state index contributed by atoms with van der Waals surface area (Å²) in [5.41, 5.74) is 0.778. The molecule has 0 bridgehead atoms. The summed E-state index contributed by atoms with van der Waals surface area (Å²) in [6, 6.07) is 0. The van der Waals surface area contributed by atoms with Crippen LogP contribution < -0.4 is 0 Å². The lowest BCUT2D eigenvalue weighted by Crippen LogP contribution is -2.54. The van der Waals surface area contributed by atoms with Crippen LogP contribution in [-0.4, -0.2) is 62.4 Å². The van der Waals surface area contributed by atoms with Crippen molar-refractivity contribution in [2.24, 2.45) is 5.41 Å². The maximum atomic E-state index is 11.3. The second kappa shape index (κ2) is 10.7. The molecule has 0 atom stereocenters. The Balaban J connectivity index is 0.000000445. The third-order valence-electron chi connectivity index (χ3n) is 3.82. The fourth-order valence-electron chi connectivity index (χ4n) is 2.29. The molecule has 1 aliphatic heterocycles. The van der Waals surface area contributed by atoms with Crippen LogP contribution in [0.5, 0.6) is 0 Å². The molecule has 0 N–H and O–H groups in total. The van der Waals surface area contributed by atoms with Crippen LogP contribution >= 0.6 is 0 Å². The molecule has 1 amide bonds. The molecule has 1 aromatic heterocycles. The molecule has 6 nitrogen and oxygen atoms in total. The van der Waals surface area contributed by atoms with Gasteiger partial charge in [0.2, 0.25) is 5.91 Å². The molecule has 1 aromatic rings. The fourth-order valence-corrected chi connectivity index (χ4v) is 2.29. The molecule has 1 fully saturated rings. The summed E-state index contributed by atoms with van der Waals surface area (Å²) in [6.45, 7) is 28.7. The van der Waals surface area contributed by atoms with Gasteiger partial charge in [0.1, 0.15) is 0 Å². The van der Waals surface area contributed by atoms with E-state index in [4.69, 9.17) is 0 Å². The van der Waals surface area contributed by atoms with Gasteiger partial charge in [0, 0.05) is 37.9 Å². The number of rotatable bonds is 1. The molecule has 0 aliphatic carbocycles. The Bertz CT molecular complexity index is 560. The first-order valence-electron chi connectivity index (χ1n) is 10.1. The van der Waals surface area contributed by atoms with Crippen LogP contribution in [0.3, 0.4) is 0 Å². The van der Waals surface area contributed by atoms with Gasteiger partial charge in [-0.25, -0.2) is 4.68 Å². The average molecular weight is 394 g/mol. The molecule has 1 aliphatic rings. The molecule has 2 rings (SSSR count). The van der Waals surface area contributed by atoms with Crippen molar-refractivity contribution in [2.75, 3.05) is 26.2 Å². The molecule has 0 aromatic carbocycles. The summed E-state index contributed by atoms with van der Waals surface area (Å²) in [7, 11) is 0. The van der Waals surface area contributed by atoms with E-state index in [9.17, 15) is 4.79 Å². The summed E-state index contributed by atoms with van der Waals surface area (Å²) in [6.07, 6.45) is 4.94. The number of carbonyl (C=O) groups is 1. The molecular formula is C22H43N5O. The van der Waals surface area contributed by atoms with Gasteiger partial charge >= 0.3 is 0 Å². The van der Waals surface area contributed by atoms with Gasteiger partial charge in [0.25, 0.3) is 0 Å². The van der Waals surface area contributed by atoms with Crippen LogP contribution in [0.2, 0.25) is 0 Å². The van der Waals surface area contributed by atoms with E-state index in [1.807, 2.05) is 15.8 Å². The van der Waals surface area contributed by atoms with Crippen molar-refractivity contribution >= 4 is 5.91 Å². The molecule has 0 saturated carbocycles. The van der Waals surface area contributed by atoms with Crippen molar-refractivity contribution in [1.29, 1.82) is 0 Å². The second-order valence-corrected chi connectivity index (χ2v) is 10.7. The molecule has 1 saturated heterocycles. The second-order valence-electron chi connectivity index (χ2n) is 10.7. The predicted molar refractivity (Wildman–Crippen MR) is 118 cm³/mol. The lowest BCUT2D eigenvalue weighted by molar-refractivity contribution is -0.128. The highest BCUT2D eigenvalue weighted by atomic mass is 16.2. The minimum absolute atomic E-state index is 0.0542. The van der Waals surface area contributed by atoms with Gasteiger partial charge in [0.15, 0.2) is 0 Å². The zero-order valence-electron chi connectivity index (χ0n) is 19.9. The minimum Gasteiger partial charge on any atom is -0.337 e. The van der Waals surface area contributed by atoms with Crippen molar-refractivity contribution < 1.29 is 4.79 Å². The number of aromatic nitrogens is 3. The maximum Gasteiger partial charge on any atom is 0.246 e. The predicted octanol–water partition coefficient (Wildman–Crippen LogP) is 4.20. The number of hydrogen-bond acceptors (Lipinski definition) is 4. The Morgan fingerprint density at radius 2 is 1.36 bits per heavy atom. The monoisotopic (exact) mass is 393 g/mol. The average Bonchev–Trinajstić information content (AvgIpc) is 3.07. The Morgan fingerprint density at radius 1 is 0.893 bits per heavy atom. The number of hydrogen-bond donors (Lipinski definition) is 0. The molecule has 0 radical (unpaired) electrons. The van der Waals surface area contributed by atoms with Crippen LogP contribution in [0.15, 0.2) is 25.0 Å². The summed E-state index contributed by atoms with van der Waals surface area (Å²) >= 11 is 0. The van der Waals surface area contributed by atoms with Crippen molar-refractivity contribution in [3.05, 3.63) is 25.0 Å². The third-order valence-corrected chi connectivity index (χ3v) is 3.82. The van der Waals surface area contributed by atoms with Gasteiger partial charge in [0.05, 0.1) is 11.7 Å². The molecule has 2 heterocycles. The van der Waals surface area contributed by atoms with Crippen molar-refractivity contribution in [3.63, 3.8) is 0 Å². The summed E-state index contributed by atoms with van der Waals surface area (Å²) in [5.74, 6) is 0.0542. The van der Waals surface area contributed by atoms with E-state index in [1.165, 1.54) is 6.08 Å². The van der Waals surface area contributed by atoms with Crippen molar-refractivity contribution in [3.8, 4) is 0 Å². The van der Waals surface area contributed by atoms with E-state index in [1.54, 1.807) is 6.20 Å². The van der Waals surface area contributed by atoms with Crippen LogP contribution in [0.4, 0.5) is 0 Å². The highest BCUT2D eigenvalue weighted by Gasteiger charge is 2.26. The number of carbonyl (C=O) groups excluding carboxylic acids is 1. The van der Waals surface area contributed by atoms with Crippen molar-refractivity contribution in [2.45, 2.75) is 80.3 Å². The molecule has 162 valence electrons. The number of amides is 1. The van der Waals surface area contributed by atoms with E-state index < -0.39 is 0 Å². The van der Waals surface area contributed by atoms with Gasteiger partial charge in [-0.05, 0) is 53.0 Å². The number of nitrogens with zero attached hydrogens (tertiary/aromatic N) is 5. The molecule has 0 unspecified atom stereocenters. The standard InChI is InChI=1S/C11H20N2O.C6H11N3.C5H12/c1-5-10(14)12-6-8-13(9-7-12)11(2,3)4;1-6(2,3)9-5-4-7-8-9;1-5(2,3)4/h5H,1,6-9H2,2-4H3;4-5H,1-3H3;1-4H3. The van der Waals surface area contributed by atoms with Gasteiger partial charge in [-0.3, -0.25) is 9.69 Å². The third kappa shape index (κ3) is 11.9. The Kier molecular flexibility index (Phi) is 10.1. The Morgan fingerprint density at radius 3 is 1.61 bits per heavy atom. The van der Waals surface area contributed by atoms with E-state index in [0.717, 1.165) is 26.2 Å². The van der Waals surface area contributed by atoms with Gasteiger partial charge < -0.3 is 4.90 Å². The minimum atomic E-state index is 0.0542. The van der Waals surface area contributed by atoms with E-state index >= 15 is 0 Å². The normalized spacial score (nSPS) is 15.7. The fraction of sp³-hybridized carbons (Fsp3) is 0.773. The lowest BCUT2D eigenvalue weighted by atomic mass is 10.0. The quantitative estimate of drug-likeness (QED) is 0.671. The lowest BCUT2D eigenvalue weighted by Gasteiger charge is -2.42. The van der Waals surface area contributed by atoms with Crippen molar-refractivity contribution in [1.82, 2.24) is 24.8 Å². The number of piperazine rings is 1. The highest BCUT2D eigenvalue weighted by Crippen LogP contribution is 2.15. The SMILES string of the molecule is C=CC(=O)N1CCN(C(C)(C)C)CC1.CC(C)(C)C.CC(C)(C)n1ccnn1. The zero-order valence-corrected chi connectivity index (χ0v) is 19.9. The topological polar surface area (TPSA) is 54.3 Å². The summed E-state index contributed by atoms with van der Waals surface area (Å²) in [4.78, 5) is 15.6. The summed E-state index contributed by atoms with van der Waals surface area (Å²) in [5, 5.41) is 7.56. The van der Waals surface area contributed by atoms with Gasteiger partial charge in [-0.1, -0.05) is 39.5 Å². The van der Waals surface area contributed by atoms with E-state index in [-0.39, 0.29) is 17.0 Å². The molecule has 6 heteroatoms. The molecule has 28 heavy (non-hydrogen) atoms. The van der Waals surface area contributed by atoms with Gasteiger partial charge in [-0.15, -0.1) is 5.10 Å². The smallest absolute Gasteiger partial charge is 0.246 e. The zero-order chi connectivity index (χ0) is 22.2. The van der Waals surface area contributed by atoms with Crippen LogP contribution in [0.1, 0.15) is 69.2 Å². The first kappa shape index (κ1) is 26.3. The maximum absolute atomic E-state index is 11.3. The summed E-state index contributed by atoms with van der Waals surface area (Å²) < 4.78 is 1.83. The van der Waals surface area contributed by atoms with Crippen LogP contribution in [0.25, 0.3) is 0 Å². The van der Waals surface area contributed by atoms with E-state index in [0.29, 0.717) is 5.41 Å². The first-order chi connectivity index (χ1) is 12.6. The van der Waals surface area contributed by atoms with Gasteiger partial charge in [-0.2, -0.15) is 0 Å². The Labute approximate surface area is 173 Å². The molecule has 0 spiro atoms. The van der Waals surface area contributed by atoms with Crippen LogP contribution in [0, 0.1) is 5.41 Å². The first-order valence-corrected chi connectivity index (χ1v) is 10.1. The van der Waals surface area contributed by atoms with E-state index in [2.05, 4.69) is 91.0 Å². The Hall–Kier alpha value is -1.69. The van der Waals surface area contributed by atoms with Crippen LogP contribution in [-0.2, 0) is 10.3 Å². The highest BCUT2D eigenvalue weighted by molar-refractivity contribution is 5.87. The largest absolute Gasteiger partial charge is 0.337 e.